The second-order valence-electron chi connectivity index (χ2n) is 8.70. The minimum atomic E-state index is -0.436. The maximum absolute atomic E-state index is 13.2. The van der Waals surface area contributed by atoms with Gasteiger partial charge in [0.1, 0.15) is 12.1 Å². The maximum Gasteiger partial charge on any atom is 0.266 e. The number of imide groups is 1. The summed E-state index contributed by atoms with van der Waals surface area (Å²) >= 11 is 0. The van der Waals surface area contributed by atoms with Crippen LogP contribution in [0.15, 0.2) is 73.1 Å². The van der Waals surface area contributed by atoms with Crippen molar-refractivity contribution >= 4 is 40.6 Å². The molecule has 0 fully saturated rings. The van der Waals surface area contributed by atoms with Gasteiger partial charge in [0.25, 0.3) is 17.7 Å². The van der Waals surface area contributed by atoms with Gasteiger partial charge in [0.15, 0.2) is 0 Å². The number of carbonyl (C=O) groups is 3. The first-order valence-electron chi connectivity index (χ1n) is 11.4. The lowest BCUT2D eigenvalue weighted by atomic mass is 10.1. The largest absolute Gasteiger partial charge is 0.340 e. The summed E-state index contributed by atoms with van der Waals surface area (Å²) in [5.41, 5.74) is 5.35. The monoisotopic (exact) mass is 477 g/mol. The highest BCUT2D eigenvalue weighted by atomic mass is 16.2. The van der Waals surface area contributed by atoms with Crippen LogP contribution in [0.4, 0.5) is 22.9 Å². The van der Waals surface area contributed by atoms with Crippen LogP contribution in [-0.4, -0.2) is 27.7 Å². The van der Waals surface area contributed by atoms with Crippen LogP contribution in [-0.2, 0) is 0 Å². The lowest BCUT2D eigenvalue weighted by Gasteiger charge is -2.17. The summed E-state index contributed by atoms with van der Waals surface area (Å²) in [4.78, 5) is 48.5. The molecule has 178 valence electrons. The highest BCUT2D eigenvalue weighted by Gasteiger charge is 2.37. The fraction of sp³-hybridized carbons (Fsp3) is 0.107. The zero-order chi connectivity index (χ0) is 25.4. The quantitative estimate of drug-likeness (QED) is 0.383. The number of fused-ring (bicyclic) bond motifs is 1. The zero-order valence-corrected chi connectivity index (χ0v) is 20.0. The van der Waals surface area contributed by atoms with Gasteiger partial charge < -0.3 is 10.6 Å². The van der Waals surface area contributed by atoms with Gasteiger partial charge in [0.2, 0.25) is 0 Å². The summed E-state index contributed by atoms with van der Waals surface area (Å²) in [5.74, 6) is -0.534. The molecule has 8 nitrogen and oxygen atoms in total. The van der Waals surface area contributed by atoms with E-state index in [0.717, 1.165) is 22.5 Å². The lowest BCUT2D eigenvalue weighted by molar-refractivity contribution is 0.0925. The molecule has 0 aliphatic carbocycles. The Hall–Kier alpha value is -4.85. The second kappa shape index (κ2) is 9.07. The molecule has 0 radical (unpaired) electrons. The van der Waals surface area contributed by atoms with Gasteiger partial charge in [-0.1, -0.05) is 12.1 Å². The number of hydrogen-bond donors (Lipinski definition) is 2. The van der Waals surface area contributed by atoms with E-state index in [1.807, 2.05) is 57.2 Å². The Morgan fingerprint density at radius 1 is 0.778 bits per heavy atom. The van der Waals surface area contributed by atoms with E-state index in [2.05, 4.69) is 20.6 Å². The summed E-state index contributed by atoms with van der Waals surface area (Å²) < 4.78 is 0. The molecule has 4 aromatic rings. The van der Waals surface area contributed by atoms with E-state index in [1.165, 1.54) is 23.4 Å². The van der Waals surface area contributed by atoms with Gasteiger partial charge in [0.05, 0.1) is 16.8 Å². The van der Waals surface area contributed by atoms with Crippen LogP contribution in [0.1, 0.15) is 47.9 Å². The number of anilines is 4. The van der Waals surface area contributed by atoms with Crippen LogP contribution in [0, 0.1) is 20.8 Å². The Balaban J connectivity index is 1.32. The average molecular weight is 478 g/mol. The Labute approximate surface area is 208 Å². The number of aromatic nitrogens is 2. The van der Waals surface area contributed by atoms with Gasteiger partial charge in [-0.25, -0.2) is 14.9 Å². The summed E-state index contributed by atoms with van der Waals surface area (Å²) in [6, 6.07) is 19.2. The first kappa shape index (κ1) is 22.9. The Kier molecular flexibility index (Phi) is 5.77. The summed E-state index contributed by atoms with van der Waals surface area (Å²) in [5, 5.41) is 6.01. The first-order chi connectivity index (χ1) is 17.3. The fourth-order valence-corrected chi connectivity index (χ4v) is 4.07. The molecule has 0 saturated heterocycles. The van der Waals surface area contributed by atoms with Crippen molar-refractivity contribution in [2.24, 2.45) is 0 Å². The van der Waals surface area contributed by atoms with Gasteiger partial charge in [-0.05, 0) is 80.4 Å². The number of amides is 3. The van der Waals surface area contributed by atoms with Crippen LogP contribution in [0.25, 0.3) is 0 Å². The van der Waals surface area contributed by atoms with Crippen molar-refractivity contribution in [2.45, 2.75) is 20.8 Å². The molecule has 8 heteroatoms. The van der Waals surface area contributed by atoms with Crippen LogP contribution in [0.5, 0.6) is 0 Å². The average Bonchev–Trinajstić information content (AvgIpc) is 3.11. The third kappa shape index (κ3) is 4.32. The van der Waals surface area contributed by atoms with Crippen molar-refractivity contribution in [3.05, 3.63) is 107 Å². The molecule has 2 N–H and O–H groups in total. The van der Waals surface area contributed by atoms with Crippen molar-refractivity contribution in [3.63, 3.8) is 0 Å². The van der Waals surface area contributed by atoms with E-state index in [0.29, 0.717) is 17.2 Å². The number of carbonyl (C=O) groups excluding carboxylic acids is 3. The smallest absolute Gasteiger partial charge is 0.266 e. The van der Waals surface area contributed by atoms with Crippen molar-refractivity contribution in [3.8, 4) is 0 Å². The molecule has 0 spiro atoms. The first-order valence-corrected chi connectivity index (χ1v) is 11.4. The van der Waals surface area contributed by atoms with E-state index in [-0.39, 0.29) is 22.6 Å². The lowest BCUT2D eigenvalue weighted by Crippen LogP contribution is -2.30. The van der Waals surface area contributed by atoms with Crippen LogP contribution >= 0.6 is 0 Å². The molecule has 3 amide bonds. The van der Waals surface area contributed by atoms with Crippen molar-refractivity contribution in [1.82, 2.24) is 9.97 Å². The number of hydrogen-bond acceptors (Lipinski definition) is 6. The maximum atomic E-state index is 13.2. The highest BCUT2D eigenvalue weighted by molar-refractivity contribution is 6.35. The predicted octanol–water partition coefficient (Wildman–Crippen LogP) is 5.20. The molecule has 1 aromatic heterocycles. The minimum Gasteiger partial charge on any atom is -0.340 e. The van der Waals surface area contributed by atoms with Gasteiger partial charge >= 0.3 is 0 Å². The van der Waals surface area contributed by atoms with Gasteiger partial charge in [-0.2, -0.15) is 0 Å². The standard InChI is InChI=1S/C28H23N5O3/c1-16-4-5-17(2)24(12-16)33-27(35)22-11-6-19(14-23(22)28(33)36)26(34)32-21-9-7-20(8-10-21)31-25-13-18(3)29-15-30-25/h4-15H,1-3H3,(H,32,34)(H,29,30,31). The topological polar surface area (TPSA) is 104 Å². The highest BCUT2D eigenvalue weighted by Crippen LogP contribution is 2.32. The molecule has 0 saturated carbocycles. The number of nitrogens with one attached hydrogen (secondary N) is 2. The van der Waals surface area contributed by atoms with Crippen LogP contribution < -0.4 is 15.5 Å². The van der Waals surface area contributed by atoms with Gasteiger partial charge in [0, 0.05) is 28.7 Å². The van der Waals surface area contributed by atoms with E-state index < -0.39 is 11.8 Å². The molecule has 5 rings (SSSR count). The van der Waals surface area contributed by atoms with Crippen molar-refractivity contribution < 1.29 is 14.4 Å². The van der Waals surface area contributed by atoms with Crippen LogP contribution in [0.2, 0.25) is 0 Å². The van der Waals surface area contributed by atoms with E-state index in [4.69, 9.17) is 0 Å². The predicted molar refractivity (Wildman–Crippen MR) is 138 cm³/mol. The van der Waals surface area contributed by atoms with Gasteiger partial charge in [-0.3, -0.25) is 14.4 Å². The minimum absolute atomic E-state index is 0.216. The SMILES string of the molecule is Cc1ccc(C)c(N2C(=O)c3ccc(C(=O)Nc4ccc(Nc5cc(C)ncn5)cc4)cc3C2=O)c1. The molecule has 0 unspecified atom stereocenters. The van der Waals surface area contributed by atoms with Crippen LogP contribution in [0.3, 0.4) is 0 Å². The summed E-state index contributed by atoms with van der Waals surface area (Å²) in [6.07, 6.45) is 1.49. The molecular weight excluding hydrogens is 454 g/mol. The normalized spacial score (nSPS) is 12.5. The number of benzene rings is 3. The molecule has 1 aliphatic rings. The van der Waals surface area contributed by atoms with E-state index >= 15 is 0 Å². The van der Waals surface area contributed by atoms with Gasteiger partial charge in [-0.15, -0.1) is 0 Å². The summed E-state index contributed by atoms with van der Waals surface area (Å²) in [7, 11) is 0. The molecule has 0 bridgehead atoms. The Bertz CT molecular complexity index is 1530. The van der Waals surface area contributed by atoms with E-state index in [9.17, 15) is 14.4 Å². The molecule has 2 heterocycles. The van der Waals surface area contributed by atoms with Crippen molar-refractivity contribution in [1.29, 1.82) is 0 Å². The third-order valence-corrected chi connectivity index (χ3v) is 5.97. The summed E-state index contributed by atoms with van der Waals surface area (Å²) in [6.45, 7) is 5.64. The molecule has 0 atom stereocenters. The Morgan fingerprint density at radius 3 is 2.25 bits per heavy atom. The van der Waals surface area contributed by atoms with E-state index in [1.54, 1.807) is 18.2 Å². The number of aryl methyl sites for hydroxylation is 3. The molecule has 1 aliphatic heterocycles. The zero-order valence-electron chi connectivity index (χ0n) is 20.0. The van der Waals surface area contributed by atoms with Crippen molar-refractivity contribution in [2.75, 3.05) is 15.5 Å². The molecule has 36 heavy (non-hydrogen) atoms. The second-order valence-corrected chi connectivity index (χ2v) is 8.70. The third-order valence-electron chi connectivity index (χ3n) is 5.97. The number of nitrogens with zero attached hydrogens (tertiary/aromatic N) is 3. The number of rotatable bonds is 5. The molecule has 3 aromatic carbocycles. The molecular formula is C28H23N5O3. The fourth-order valence-electron chi connectivity index (χ4n) is 4.07. The Morgan fingerprint density at radius 2 is 1.50 bits per heavy atom.